The van der Waals surface area contributed by atoms with E-state index in [1.807, 2.05) is 0 Å². The fraction of sp³-hybridized carbons (Fsp3) is 0.562. The van der Waals surface area contributed by atoms with E-state index in [-0.39, 0.29) is 5.91 Å². The van der Waals surface area contributed by atoms with Crippen LogP contribution in [0.2, 0.25) is 5.02 Å². The lowest BCUT2D eigenvalue weighted by Crippen LogP contribution is -2.39. The molecule has 1 saturated heterocycles. The van der Waals surface area contributed by atoms with Crippen LogP contribution in [0.25, 0.3) is 0 Å². The van der Waals surface area contributed by atoms with E-state index in [2.05, 4.69) is 24.1 Å². The summed E-state index contributed by atoms with van der Waals surface area (Å²) >= 11 is 5.84. The Balaban J connectivity index is 1.80. The molecule has 0 radical (unpaired) electrons. The lowest BCUT2D eigenvalue weighted by Gasteiger charge is -2.35. The highest BCUT2D eigenvalue weighted by Crippen LogP contribution is 2.24. The summed E-state index contributed by atoms with van der Waals surface area (Å²) < 4.78 is 0. The van der Waals surface area contributed by atoms with Gasteiger partial charge in [0.1, 0.15) is 0 Å². The van der Waals surface area contributed by atoms with Crippen LogP contribution < -0.4 is 11.1 Å². The smallest absolute Gasteiger partial charge is 0.225 e. The molecule has 116 valence electrons. The number of nitrogens with two attached hydrogens (primary N) is 1. The molecule has 1 aliphatic rings. The zero-order valence-corrected chi connectivity index (χ0v) is 13.5. The molecule has 0 spiro atoms. The Morgan fingerprint density at radius 3 is 2.86 bits per heavy atom. The molecular formula is C16H24ClN3O. The standard InChI is InChI=1S/C16H24ClN3O/c1-11-5-7-20(10-12(11)2)8-6-16(21)19-15-4-3-13(17)9-14(15)18/h3-4,9,11-12H,5-8,10,18H2,1-2H3,(H,19,21). The van der Waals surface area contributed by atoms with E-state index >= 15 is 0 Å². The molecular weight excluding hydrogens is 286 g/mol. The Morgan fingerprint density at radius 2 is 2.19 bits per heavy atom. The Labute approximate surface area is 131 Å². The number of rotatable bonds is 4. The number of carbonyl (C=O) groups excluding carboxylic acids is 1. The summed E-state index contributed by atoms with van der Waals surface area (Å²) in [7, 11) is 0. The third-order valence-corrected chi connectivity index (χ3v) is 4.60. The summed E-state index contributed by atoms with van der Waals surface area (Å²) in [6, 6.07) is 5.10. The molecule has 0 bridgehead atoms. The Bertz CT molecular complexity index is 506. The molecule has 4 nitrogen and oxygen atoms in total. The number of nitrogens with zero attached hydrogens (tertiary/aromatic N) is 1. The van der Waals surface area contributed by atoms with E-state index in [9.17, 15) is 4.79 Å². The molecule has 0 aromatic heterocycles. The second-order valence-corrected chi connectivity index (χ2v) is 6.51. The van der Waals surface area contributed by atoms with E-state index in [1.54, 1.807) is 18.2 Å². The van der Waals surface area contributed by atoms with Gasteiger partial charge >= 0.3 is 0 Å². The zero-order valence-electron chi connectivity index (χ0n) is 12.7. The van der Waals surface area contributed by atoms with Gasteiger partial charge in [-0.15, -0.1) is 0 Å². The van der Waals surface area contributed by atoms with Crippen molar-refractivity contribution in [2.45, 2.75) is 26.7 Å². The number of amides is 1. The third-order valence-electron chi connectivity index (χ3n) is 4.36. The molecule has 1 heterocycles. The summed E-state index contributed by atoms with van der Waals surface area (Å²) in [5.74, 6) is 1.48. The average Bonchev–Trinajstić information content (AvgIpc) is 2.43. The number of nitrogen functional groups attached to an aromatic ring is 1. The predicted molar refractivity (Wildman–Crippen MR) is 88.5 cm³/mol. The van der Waals surface area contributed by atoms with Crippen LogP contribution in [0.3, 0.4) is 0 Å². The molecule has 1 amide bonds. The number of piperidine rings is 1. The third kappa shape index (κ3) is 4.61. The molecule has 1 aliphatic heterocycles. The van der Waals surface area contributed by atoms with E-state index in [4.69, 9.17) is 17.3 Å². The highest BCUT2D eigenvalue weighted by molar-refractivity contribution is 6.31. The van der Waals surface area contributed by atoms with Crippen molar-refractivity contribution in [3.05, 3.63) is 23.2 Å². The molecule has 2 unspecified atom stereocenters. The second-order valence-electron chi connectivity index (χ2n) is 6.07. The summed E-state index contributed by atoms with van der Waals surface area (Å²) in [4.78, 5) is 14.4. The van der Waals surface area contributed by atoms with Crippen LogP contribution in [0.15, 0.2) is 18.2 Å². The number of hydrogen-bond donors (Lipinski definition) is 2. The Hall–Kier alpha value is -1.26. The van der Waals surface area contributed by atoms with Crippen LogP contribution >= 0.6 is 11.6 Å². The maximum atomic E-state index is 12.0. The Kier molecular flexibility index (Phi) is 5.48. The van der Waals surface area contributed by atoms with Crippen molar-refractivity contribution in [2.24, 2.45) is 11.8 Å². The number of anilines is 2. The van der Waals surface area contributed by atoms with Gasteiger partial charge in [-0.25, -0.2) is 0 Å². The summed E-state index contributed by atoms with van der Waals surface area (Å²) in [6.45, 7) is 7.55. The second kappa shape index (κ2) is 7.14. The molecule has 5 heteroatoms. The number of carbonyl (C=O) groups is 1. The molecule has 21 heavy (non-hydrogen) atoms. The van der Waals surface area contributed by atoms with Crippen molar-refractivity contribution in [2.75, 3.05) is 30.7 Å². The first-order valence-electron chi connectivity index (χ1n) is 7.53. The van der Waals surface area contributed by atoms with Crippen molar-refractivity contribution < 1.29 is 4.79 Å². The van der Waals surface area contributed by atoms with Crippen molar-refractivity contribution in [3.8, 4) is 0 Å². The van der Waals surface area contributed by atoms with Gasteiger partial charge < -0.3 is 16.0 Å². The van der Waals surface area contributed by atoms with Crippen LogP contribution in [-0.2, 0) is 4.79 Å². The zero-order chi connectivity index (χ0) is 15.4. The quantitative estimate of drug-likeness (QED) is 0.840. The minimum atomic E-state index is -0.00435. The first-order chi connectivity index (χ1) is 9.95. The van der Waals surface area contributed by atoms with Crippen LogP contribution in [0.5, 0.6) is 0 Å². The van der Waals surface area contributed by atoms with Gasteiger partial charge in [0.2, 0.25) is 5.91 Å². The molecule has 2 rings (SSSR count). The molecule has 1 aromatic carbocycles. The summed E-state index contributed by atoms with van der Waals surface area (Å²) in [5, 5.41) is 3.42. The van der Waals surface area contributed by atoms with Crippen LogP contribution in [0.4, 0.5) is 11.4 Å². The topological polar surface area (TPSA) is 58.4 Å². The van der Waals surface area contributed by atoms with Gasteiger partial charge in [-0.3, -0.25) is 4.79 Å². The fourth-order valence-electron chi connectivity index (χ4n) is 2.67. The van der Waals surface area contributed by atoms with Gasteiger partial charge in [0, 0.05) is 24.5 Å². The first kappa shape index (κ1) is 16.1. The van der Waals surface area contributed by atoms with Crippen molar-refractivity contribution in [3.63, 3.8) is 0 Å². The van der Waals surface area contributed by atoms with Gasteiger partial charge in [0.15, 0.2) is 0 Å². The van der Waals surface area contributed by atoms with E-state index in [1.165, 1.54) is 6.42 Å². The van der Waals surface area contributed by atoms with E-state index < -0.39 is 0 Å². The van der Waals surface area contributed by atoms with Crippen molar-refractivity contribution >= 4 is 28.9 Å². The summed E-state index contributed by atoms with van der Waals surface area (Å²) in [6.07, 6.45) is 1.70. The van der Waals surface area contributed by atoms with Crippen LogP contribution in [0, 0.1) is 11.8 Å². The van der Waals surface area contributed by atoms with E-state index in [0.717, 1.165) is 25.6 Å². The highest BCUT2D eigenvalue weighted by atomic mass is 35.5. The lowest BCUT2D eigenvalue weighted by molar-refractivity contribution is -0.116. The predicted octanol–water partition coefficient (Wildman–Crippen LogP) is 3.23. The van der Waals surface area contributed by atoms with Gasteiger partial charge in [-0.1, -0.05) is 25.4 Å². The highest BCUT2D eigenvalue weighted by Gasteiger charge is 2.22. The van der Waals surface area contributed by atoms with Crippen LogP contribution in [-0.4, -0.2) is 30.4 Å². The van der Waals surface area contributed by atoms with Gasteiger partial charge in [-0.05, 0) is 43.0 Å². The fourth-order valence-corrected chi connectivity index (χ4v) is 2.85. The maximum Gasteiger partial charge on any atom is 0.225 e. The van der Waals surface area contributed by atoms with Gasteiger partial charge in [0.25, 0.3) is 0 Å². The molecule has 3 N–H and O–H groups in total. The molecule has 1 fully saturated rings. The number of nitrogens with one attached hydrogen (secondary N) is 1. The lowest BCUT2D eigenvalue weighted by atomic mass is 9.89. The van der Waals surface area contributed by atoms with E-state index in [0.29, 0.717) is 28.7 Å². The number of halogens is 1. The van der Waals surface area contributed by atoms with Gasteiger partial charge in [0.05, 0.1) is 11.4 Å². The minimum absolute atomic E-state index is 0.00435. The largest absolute Gasteiger partial charge is 0.397 e. The number of hydrogen-bond acceptors (Lipinski definition) is 3. The molecule has 0 saturated carbocycles. The minimum Gasteiger partial charge on any atom is -0.397 e. The number of likely N-dealkylation sites (tertiary alicyclic amines) is 1. The molecule has 2 atom stereocenters. The first-order valence-corrected chi connectivity index (χ1v) is 7.90. The normalized spacial score (nSPS) is 23.0. The van der Waals surface area contributed by atoms with Gasteiger partial charge in [-0.2, -0.15) is 0 Å². The maximum absolute atomic E-state index is 12.0. The van der Waals surface area contributed by atoms with Crippen LogP contribution in [0.1, 0.15) is 26.7 Å². The SMILES string of the molecule is CC1CCN(CCC(=O)Nc2ccc(Cl)cc2N)CC1C. The van der Waals surface area contributed by atoms with Crippen molar-refractivity contribution in [1.29, 1.82) is 0 Å². The monoisotopic (exact) mass is 309 g/mol. The number of benzene rings is 1. The Morgan fingerprint density at radius 1 is 1.43 bits per heavy atom. The van der Waals surface area contributed by atoms with Crippen molar-refractivity contribution in [1.82, 2.24) is 4.90 Å². The molecule has 1 aromatic rings. The molecule has 0 aliphatic carbocycles. The average molecular weight is 310 g/mol. The summed E-state index contributed by atoms with van der Waals surface area (Å²) in [5.41, 5.74) is 6.96.